The second kappa shape index (κ2) is 7.48. The monoisotopic (exact) mass is 382 g/mol. The fourth-order valence-corrected chi connectivity index (χ4v) is 3.96. The number of hydrogen-bond donors (Lipinski definition) is 2. The van der Waals surface area contributed by atoms with E-state index < -0.39 is 0 Å². The van der Waals surface area contributed by atoms with Crippen LogP contribution in [0.5, 0.6) is 0 Å². The highest BCUT2D eigenvalue weighted by Gasteiger charge is 2.26. The average Bonchev–Trinajstić information content (AvgIpc) is 3.30. The molecule has 8 heteroatoms. The molecule has 0 unspecified atom stereocenters. The lowest BCUT2D eigenvalue weighted by atomic mass is 9.96. The zero-order chi connectivity index (χ0) is 18.8. The van der Waals surface area contributed by atoms with Gasteiger partial charge >= 0.3 is 6.03 Å². The number of hydrogen-bond acceptors (Lipinski definition) is 5. The number of carbonyl (C=O) groups excluding carboxylic acids is 1. The molecule has 2 N–H and O–H groups in total. The number of nitrogens with zero attached hydrogens (tertiary/aromatic N) is 4. The van der Waals surface area contributed by atoms with Crippen molar-refractivity contribution in [2.45, 2.75) is 32.6 Å². The van der Waals surface area contributed by atoms with Crippen molar-refractivity contribution in [3.63, 3.8) is 0 Å². The van der Waals surface area contributed by atoms with Crippen LogP contribution in [0.2, 0.25) is 0 Å². The van der Waals surface area contributed by atoms with Gasteiger partial charge in [0.25, 0.3) is 0 Å². The highest BCUT2D eigenvalue weighted by molar-refractivity contribution is 7.09. The normalized spacial score (nSPS) is 15.1. The van der Waals surface area contributed by atoms with Gasteiger partial charge in [-0.3, -0.25) is 5.10 Å². The summed E-state index contributed by atoms with van der Waals surface area (Å²) in [5.74, 6) is 2.01. The molecule has 1 aromatic carbocycles. The Hall–Kier alpha value is -2.74. The van der Waals surface area contributed by atoms with Gasteiger partial charge in [-0.1, -0.05) is 12.1 Å². The molecule has 4 rings (SSSR count). The number of anilines is 1. The van der Waals surface area contributed by atoms with Gasteiger partial charge in [0.2, 0.25) is 0 Å². The summed E-state index contributed by atoms with van der Waals surface area (Å²) in [6, 6.07) is 7.76. The Morgan fingerprint density at radius 2 is 2.07 bits per heavy atom. The maximum absolute atomic E-state index is 12.6. The van der Waals surface area contributed by atoms with Gasteiger partial charge in [-0.15, -0.1) is 11.3 Å². The molecule has 0 spiro atoms. The van der Waals surface area contributed by atoms with Crippen molar-refractivity contribution in [1.82, 2.24) is 25.1 Å². The number of likely N-dealkylation sites (tertiary alicyclic amines) is 1. The van der Waals surface area contributed by atoms with E-state index in [9.17, 15) is 4.79 Å². The maximum atomic E-state index is 12.6. The molecule has 0 saturated carbocycles. The average molecular weight is 382 g/mol. The van der Waals surface area contributed by atoms with E-state index in [4.69, 9.17) is 0 Å². The van der Waals surface area contributed by atoms with Crippen LogP contribution in [-0.4, -0.2) is 44.2 Å². The van der Waals surface area contributed by atoms with Crippen LogP contribution in [0.15, 0.2) is 29.6 Å². The third kappa shape index (κ3) is 4.00. The van der Waals surface area contributed by atoms with E-state index in [1.165, 1.54) is 0 Å². The summed E-state index contributed by atoms with van der Waals surface area (Å²) in [6.45, 7) is 5.30. The van der Waals surface area contributed by atoms with E-state index in [2.05, 4.69) is 25.5 Å². The van der Waals surface area contributed by atoms with Gasteiger partial charge in [0.15, 0.2) is 5.82 Å². The van der Waals surface area contributed by atoms with Crippen molar-refractivity contribution in [1.29, 1.82) is 0 Å². The Morgan fingerprint density at radius 1 is 1.26 bits per heavy atom. The SMILES string of the molecule is Cc1nc(C2CCN(C(=O)Nc3cccc(-c4csc(C)n4)c3)CC2)n[nH]1. The number of aryl methyl sites for hydroxylation is 2. The molecule has 3 aromatic rings. The number of urea groups is 1. The zero-order valence-electron chi connectivity index (χ0n) is 15.4. The van der Waals surface area contributed by atoms with E-state index in [0.717, 1.165) is 46.4 Å². The number of aromatic amines is 1. The van der Waals surface area contributed by atoms with Crippen molar-refractivity contribution in [3.05, 3.63) is 46.3 Å². The molecule has 1 aliphatic rings. The van der Waals surface area contributed by atoms with E-state index in [1.807, 2.05) is 48.4 Å². The van der Waals surface area contributed by atoms with Crippen LogP contribution in [0.1, 0.15) is 35.4 Å². The first-order valence-corrected chi connectivity index (χ1v) is 9.94. The van der Waals surface area contributed by atoms with Crippen LogP contribution in [0.3, 0.4) is 0 Å². The van der Waals surface area contributed by atoms with E-state index in [-0.39, 0.29) is 6.03 Å². The molecule has 0 aliphatic carbocycles. The van der Waals surface area contributed by atoms with Crippen LogP contribution in [0, 0.1) is 13.8 Å². The summed E-state index contributed by atoms with van der Waals surface area (Å²) >= 11 is 1.62. The second-order valence-electron chi connectivity index (χ2n) is 6.80. The van der Waals surface area contributed by atoms with E-state index in [1.54, 1.807) is 11.3 Å². The lowest BCUT2D eigenvalue weighted by Crippen LogP contribution is -2.40. The van der Waals surface area contributed by atoms with Gasteiger partial charge < -0.3 is 10.2 Å². The van der Waals surface area contributed by atoms with Crippen LogP contribution in [0.25, 0.3) is 11.3 Å². The number of rotatable bonds is 3. The number of piperidine rings is 1. The topological polar surface area (TPSA) is 86.8 Å². The fourth-order valence-electron chi connectivity index (χ4n) is 3.34. The summed E-state index contributed by atoms with van der Waals surface area (Å²) < 4.78 is 0. The molecule has 1 aliphatic heterocycles. The van der Waals surface area contributed by atoms with Crippen molar-refractivity contribution < 1.29 is 4.79 Å². The van der Waals surface area contributed by atoms with E-state index in [0.29, 0.717) is 19.0 Å². The smallest absolute Gasteiger partial charge is 0.321 e. The van der Waals surface area contributed by atoms with Gasteiger partial charge in [-0.2, -0.15) is 5.10 Å². The first-order chi connectivity index (χ1) is 13.1. The lowest BCUT2D eigenvalue weighted by molar-refractivity contribution is 0.193. The van der Waals surface area contributed by atoms with Gasteiger partial charge in [0.1, 0.15) is 5.82 Å². The Bertz CT molecular complexity index is 941. The third-order valence-corrected chi connectivity index (χ3v) is 5.56. The number of thiazole rings is 1. The van der Waals surface area contributed by atoms with Crippen molar-refractivity contribution in [2.75, 3.05) is 18.4 Å². The first-order valence-electron chi connectivity index (χ1n) is 9.06. The molecule has 140 valence electrons. The predicted molar refractivity (Wildman–Crippen MR) is 106 cm³/mol. The molecule has 7 nitrogen and oxygen atoms in total. The third-order valence-electron chi connectivity index (χ3n) is 4.79. The lowest BCUT2D eigenvalue weighted by Gasteiger charge is -2.30. The molecule has 2 aromatic heterocycles. The van der Waals surface area contributed by atoms with Gasteiger partial charge in [0.05, 0.1) is 10.7 Å². The Balaban J connectivity index is 1.37. The Morgan fingerprint density at radius 3 is 2.74 bits per heavy atom. The molecular weight excluding hydrogens is 360 g/mol. The van der Waals surface area contributed by atoms with Crippen molar-refractivity contribution >= 4 is 23.1 Å². The predicted octanol–water partition coefficient (Wildman–Crippen LogP) is 3.96. The van der Waals surface area contributed by atoms with Crippen molar-refractivity contribution in [3.8, 4) is 11.3 Å². The van der Waals surface area contributed by atoms with Crippen LogP contribution in [0.4, 0.5) is 10.5 Å². The zero-order valence-corrected chi connectivity index (χ0v) is 16.2. The second-order valence-corrected chi connectivity index (χ2v) is 7.87. The minimum atomic E-state index is -0.0637. The van der Waals surface area contributed by atoms with Crippen LogP contribution >= 0.6 is 11.3 Å². The Labute approximate surface area is 161 Å². The Kier molecular flexibility index (Phi) is 4.89. The van der Waals surface area contributed by atoms with Crippen LogP contribution in [-0.2, 0) is 0 Å². The maximum Gasteiger partial charge on any atom is 0.321 e. The van der Waals surface area contributed by atoms with Crippen LogP contribution < -0.4 is 5.32 Å². The highest BCUT2D eigenvalue weighted by Crippen LogP contribution is 2.27. The van der Waals surface area contributed by atoms with Gasteiger partial charge in [-0.25, -0.2) is 14.8 Å². The summed E-state index contributed by atoms with van der Waals surface area (Å²) in [5, 5.41) is 13.2. The van der Waals surface area contributed by atoms with E-state index >= 15 is 0 Å². The minimum Gasteiger partial charge on any atom is -0.324 e. The molecule has 0 atom stereocenters. The van der Waals surface area contributed by atoms with Gasteiger partial charge in [0, 0.05) is 35.6 Å². The number of amides is 2. The number of H-pyrrole nitrogens is 1. The molecule has 0 bridgehead atoms. The summed E-state index contributed by atoms with van der Waals surface area (Å²) in [6.07, 6.45) is 1.76. The quantitative estimate of drug-likeness (QED) is 0.718. The number of benzene rings is 1. The minimum absolute atomic E-state index is 0.0637. The number of carbonyl (C=O) groups is 1. The molecule has 1 fully saturated rings. The molecule has 27 heavy (non-hydrogen) atoms. The largest absolute Gasteiger partial charge is 0.324 e. The standard InChI is InChI=1S/C19H22N6OS/c1-12-20-18(24-23-12)14-6-8-25(9-7-14)19(26)22-16-5-3-4-15(10-16)17-11-27-13(2)21-17/h3-5,10-11,14H,6-9H2,1-2H3,(H,22,26)(H,20,23,24). The summed E-state index contributed by atoms with van der Waals surface area (Å²) in [4.78, 5) is 23.4. The number of aromatic nitrogens is 4. The molecule has 2 amide bonds. The first kappa shape index (κ1) is 17.7. The fraction of sp³-hybridized carbons (Fsp3) is 0.368. The highest BCUT2D eigenvalue weighted by atomic mass is 32.1. The number of nitrogens with one attached hydrogen (secondary N) is 2. The van der Waals surface area contributed by atoms with Gasteiger partial charge in [-0.05, 0) is 38.8 Å². The molecule has 1 saturated heterocycles. The summed E-state index contributed by atoms with van der Waals surface area (Å²) in [5.41, 5.74) is 2.74. The molecular formula is C19H22N6OS. The summed E-state index contributed by atoms with van der Waals surface area (Å²) in [7, 11) is 0. The van der Waals surface area contributed by atoms with Crippen molar-refractivity contribution in [2.24, 2.45) is 0 Å². The molecule has 3 heterocycles. The molecule has 0 radical (unpaired) electrons.